The molecule has 0 aromatic heterocycles. The Morgan fingerprint density at radius 1 is 1.04 bits per heavy atom. The Morgan fingerprint density at radius 3 is 2.21 bits per heavy atom. The van der Waals surface area contributed by atoms with E-state index >= 15 is 0 Å². The summed E-state index contributed by atoms with van der Waals surface area (Å²) in [6.45, 7) is 8.77. The van der Waals surface area contributed by atoms with Gasteiger partial charge in [0.25, 0.3) is 0 Å². The van der Waals surface area contributed by atoms with Crippen LogP contribution in [0.3, 0.4) is 0 Å². The number of aliphatic hydroxyl groups excluding tert-OH is 1. The van der Waals surface area contributed by atoms with Gasteiger partial charge in [-0.25, -0.2) is 9.78 Å². The molecular weight excluding hydrogens is 336 g/mol. The third-order valence-electron chi connectivity index (χ3n) is 3.52. The number of rotatable bonds is 12. The largest absolute Gasteiger partial charge is 0.469 e. The molecule has 8 heteroatoms. The molecule has 0 amide bonds. The third kappa shape index (κ3) is 8.86. The van der Waals surface area contributed by atoms with Crippen molar-refractivity contribution in [1.29, 1.82) is 0 Å². The summed E-state index contributed by atoms with van der Waals surface area (Å²) < 4.78 is 9.74. The van der Waals surface area contributed by atoms with Crippen LogP contribution in [0.15, 0.2) is 0 Å². The van der Waals surface area contributed by atoms with E-state index in [1.807, 2.05) is 6.92 Å². The van der Waals surface area contributed by atoms with E-state index in [0.717, 1.165) is 0 Å². The summed E-state index contributed by atoms with van der Waals surface area (Å²) in [7, 11) is 1.35. The molecule has 0 radical (unpaired) electrons. The van der Waals surface area contributed by atoms with E-state index < -0.39 is 16.9 Å². The van der Waals surface area contributed by atoms with Crippen molar-refractivity contribution < 1.29 is 33.9 Å². The van der Waals surface area contributed by atoms with Crippen LogP contribution in [-0.4, -0.2) is 55.2 Å². The van der Waals surface area contributed by atoms with Crippen LogP contribution in [0.5, 0.6) is 0 Å². The van der Waals surface area contributed by atoms with Gasteiger partial charge in [0, 0.05) is 5.75 Å². The van der Waals surface area contributed by atoms with E-state index in [-0.39, 0.29) is 31.1 Å². The predicted octanol–water partition coefficient (Wildman–Crippen LogP) is 2.16. The lowest BCUT2D eigenvalue weighted by molar-refractivity contribution is -0.292. The molecule has 0 aliphatic carbocycles. The van der Waals surface area contributed by atoms with Crippen molar-refractivity contribution in [3.63, 3.8) is 0 Å². The number of carbonyl (C=O) groups excluding carboxylic acids is 2. The summed E-state index contributed by atoms with van der Waals surface area (Å²) in [5.74, 6) is 0.0687. The van der Waals surface area contributed by atoms with Crippen LogP contribution in [0.4, 0.5) is 0 Å². The Balaban J connectivity index is 3.79. The minimum Gasteiger partial charge on any atom is -0.469 e. The average molecular weight is 366 g/mol. The average Bonchev–Trinajstić information content (AvgIpc) is 2.54. The normalized spacial score (nSPS) is 13.5. The first-order valence-corrected chi connectivity index (χ1v) is 8.98. The second-order valence-corrected chi connectivity index (χ2v) is 7.67. The minimum atomic E-state index is -0.960. The van der Waals surface area contributed by atoms with E-state index in [0.29, 0.717) is 12.2 Å². The molecule has 0 aromatic carbocycles. The van der Waals surface area contributed by atoms with Gasteiger partial charge in [0.15, 0.2) is 0 Å². The Labute approximate surface area is 148 Å². The highest BCUT2D eigenvalue weighted by Crippen LogP contribution is 2.23. The van der Waals surface area contributed by atoms with Crippen LogP contribution in [0.1, 0.15) is 41.0 Å². The van der Waals surface area contributed by atoms with Crippen molar-refractivity contribution in [2.75, 3.05) is 32.0 Å². The number of ether oxygens (including phenoxy) is 2. The maximum atomic E-state index is 11.7. The van der Waals surface area contributed by atoms with Crippen LogP contribution >= 0.6 is 11.8 Å². The van der Waals surface area contributed by atoms with Crippen molar-refractivity contribution in [1.82, 2.24) is 0 Å². The summed E-state index contributed by atoms with van der Waals surface area (Å²) >= 11 is 1.37. The van der Waals surface area contributed by atoms with Gasteiger partial charge in [-0.15, -0.1) is 11.8 Å². The summed E-state index contributed by atoms with van der Waals surface area (Å²) in [6, 6.07) is 0. The van der Waals surface area contributed by atoms with Crippen LogP contribution in [-0.2, 0) is 28.8 Å². The number of esters is 2. The van der Waals surface area contributed by atoms with Gasteiger partial charge in [0.1, 0.15) is 25.3 Å². The van der Waals surface area contributed by atoms with Crippen LogP contribution in [0, 0.1) is 10.8 Å². The Hall–Kier alpha value is -0.830. The highest BCUT2D eigenvalue weighted by atomic mass is 32.2. The van der Waals surface area contributed by atoms with Crippen molar-refractivity contribution >= 4 is 23.7 Å². The molecule has 0 heterocycles. The van der Waals surface area contributed by atoms with E-state index in [9.17, 15) is 14.7 Å². The fraction of sp³-hybridized carbons (Fsp3) is 0.875. The Morgan fingerprint density at radius 2 is 1.67 bits per heavy atom. The predicted molar refractivity (Wildman–Crippen MR) is 91.2 cm³/mol. The number of aliphatic hydroxyl groups is 1. The lowest BCUT2D eigenvalue weighted by Gasteiger charge is -2.21. The molecule has 0 aliphatic heterocycles. The van der Waals surface area contributed by atoms with E-state index in [2.05, 4.69) is 0 Å². The molecule has 7 nitrogen and oxygen atoms in total. The molecule has 0 spiro atoms. The molecule has 0 saturated carbocycles. The molecule has 0 bridgehead atoms. The molecule has 1 unspecified atom stereocenters. The Bertz CT molecular complexity index is 396. The quantitative estimate of drug-likeness (QED) is 0.185. The second kappa shape index (κ2) is 10.9. The van der Waals surface area contributed by atoms with Crippen molar-refractivity contribution in [2.24, 2.45) is 10.8 Å². The fourth-order valence-corrected chi connectivity index (χ4v) is 2.23. The lowest BCUT2D eigenvalue weighted by Crippen LogP contribution is -2.30. The van der Waals surface area contributed by atoms with Gasteiger partial charge >= 0.3 is 11.9 Å². The molecular formula is C16H30O7S. The van der Waals surface area contributed by atoms with Gasteiger partial charge in [-0.1, -0.05) is 6.92 Å². The number of thioether (sulfide) groups is 1. The number of hydrogen-bond donors (Lipinski definition) is 1. The lowest BCUT2D eigenvalue weighted by atomic mass is 9.91. The van der Waals surface area contributed by atoms with E-state index in [4.69, 9.17) is 19.2 Å². The summed E-state index contributed by atoms with van der Waals surface area (Å²) in [5.41, 5.74) is -1.18. The van der Waals surface area contributed by atoms with Gasteiger partial charge in [0.2, 0.25) is 0 Å². The highest BCUT2D eigenvalue weighted by molar-refractivity contribution is 7.99. The van der Waals surface area contributed by atoms with Crippen LogP contribution in [0.25, 0.3) is 0 Å². The van der Waals surface area contributed by atoms with Crippen molar-refractivity contribution in [3.8, 4) is 0 Å². The molecule has 24 heavy (non-hydrogen) atoms. The van der Waals surface area contributed by atoms with Crippen molar-refractivity contribution in [3.05, 3.63) is 0 Å². The molecule has 0 aliphatic rings. The fourth-order valence-electron chi connectivity index (χ4n) is 1.39. The first-order chi connectivity index (χ1) is 11.1. The SMILES string of the molecule is CCC(C)(C)C(=O)OCC(O)COOCSCC(C)(C)C(=O)OC. The summed E-state index contributed by atoms with van der Waals surface area (Å²) in [6.07, 6.45) is -0.307. The van der Waals surface area contributed by atoms with Gasteiger partial charge in [-0.05, 0) is 34.1 Å². The van der Waals surface area contributed by atoms with Crippen LogP contribution < -0.4 is 0 Å². The van der Waals surface area contributed by atoms with Gasteiger partial charge in [-0.2, -0.15) is 0 Å². The maximum Gasteiger partial charge on any atom is 0.312 e. The van der Waals surface area contributed by atoms with Crippen LogP contribution in [0.2, 0.25) is 0 Å². The van der Waals surface area contributed by atoms with E-state index in [1.165, 1.54) is 18.9 Å². The van der Waals surface area contributed by atoms with Gasteiger partial charge < -0.3 is 14.6 Å². The molecule has 0 saturated heterocycles. The summed E-state index contributed by atoms with van der Waals surface area (Å²) in [4.78, 5) is 33.0. The zero-order valence-electron chi connectivity index (χ0n) is 15.4. The smallest absolute Gasteiger partial charge is 0.312 e. The van der Waals surface area contributed by atoms with Gasteiger partial charge in [0.05, 0.1) is 17.9 Å². The topological polar surface area (TPSA) is 91.3 Å². The molecule has 0 fully saturated rings. The third-order valence-corrected chi connectivity index (χ3v) is 4.71. The monoisotopic (exact) mass is 366 g/mol. The van der Waals surface area contributed by atoms with Crippen molar-refractivity contribution in [2.45, 2.75) is 47.1 Å². The first kappa shape index (κ1) is 23.2. The Kier molecular flexibility index (Phi) is 10.5. The number of methoxy groups -OCH3 is 1. The zero-order valence-corrected chi connectivity index (χ0v) is 16.2. The highest BCUT2D eigenvalue weighted by Gasteiger charge is 2.29. The molecule has 1 N–H and O–H groups in total. The standard InChI is InChI=1S/C16H30O7S/c1-7-15(2,3)14(19)21-8-12(17)9-22-23-11-24-10-16(4,5)13(18)20-6/h12,17H,7-11H2,1-6H3. The molecule has 142 valence electrons. The first-order valence-electron chi connectivity index (χ1n) is 7.82. The molecule has 1 atom stereocenters. The minimum absolute atomic E-state index is 0.110. The second-order valence-electron chi connectivity index (χ2n) is 6.73. The maximum absolute atomic E-state index is 11.7. The van der Waals surface area contributed by atoms with Gasteiger partial charge in [-0.3, -0.25) is 9.59 Å². The molecule has 0 rings (SSSR count). The molecule has 0 aromatic rings. The number of hydrogen-bond acceptors (Lipinski definition) is 8. The summed E-state index contributed by atoms with van der Waals surface area (Å²) in [5, 5.41) is 9.68. The number of carbonyl (C=O) groups is 2. The zero-order chi connectivity index (χ0) is 18.8. The van der Waals surface area contributed by atoms with E-state index in [1.54, 1.807) is 27.7 Å².